The Kier molecular flexibility index (Phi) is 5.23. The molecule has 1 aromatic carbocycles. The van der Waals surface area contributed by atoms with Gasteiger partial charge in [-0.15, -0.1) is 0 Å². The number of nitrogens with one attached hydrogen (secondary N) is 1. The first-order valence-corrected chi connectivity index (χ1v) is 7.02. The zero-order chi connectivity index (χ0) is 12.8. The Morgan fingerprint density at radius 1 is 1.39 bits per heavy atom. The Morgan fingerprint density at radius 3 is 2.83 bits per heavy atom. The second-order valence-electron chi connectivity index (χ2n) is 4.35. The van der Waals surface area contributed by atoms with E-state index in [4.69, 9.17) is 4.74 Å². The largest absolute Gasteiger partial charge is 0.496 e. The molecule has 1 aliphatic rings. The molecule has 0 unspecified atom stereocenters. The lowest BCUT2D eigenvalue weighted by Crippen LogP contribution is -2.43. The van der Waals surface area contributed by atoms with Crippen molar-refractivity contribution in [3.05, 3.63) is 34.3 Å². The van der Waals surface area contributed by atoms with Crippen LogP contribution >= 0.6 is 15.9 Å². The number of benzene rings is 1. The highest BCUT2D eigenvalue weighted by Crippen LogP contribution is 2.25. The molecule has 0 atom stereocenters. The number of nitrogens with zero attached hydrogens (tertiary/aromatic N) is 1. The molecule has 1 heterocycles. The summed E-state index contributed by atoms with van der Waals surface area (Å²) in [5.41, 5.74) is 1.19. The summed E-state index contributed by atoms with van der Waals surface area (Å²) in [7, 11) is 1.68. The van der Waals surface area contributed by atoms with Gasteiger partial charge in [-0.1, -0.05) is 18.2 Å². The van der Waals surface area contributed by atoms with Crippen LogP contribution < -0.4 is 10.1 Å². The Bertz CT molecular complexity index is 414. The first-order chi connectivity index (χ1) is 8.79. The molecule has 1 aromatic rings. The van der Waals surface area contributed by atoms with E-state index in [9.17, 15) is 0 Å². The summed E-state index contributed by atoms with van der Waals surface area (Å²) in [4.78, 5) is 2.45. The number of methoxy groups -OCH3 is 1. The maximum atomic E-state index is 5.21. The van der Waals surface area contributed by atoms with Crippen LogP contribution in [-0.2, 0) is 0 Å². The number of rotatable bonds is 4. The van der Waals surface area contributed by atoms with Crippen LogP contribution in [0, 0.1) is 0 Å². The van der Waals surface area contributed by atoms with Crippen LogP contribution in [0.1, 0.15) is 5.56 Å². The third-order valence-electron chi connectivity index (χ3n) is 3.06. The number of hydrogen-bond donors (Lipinski definition) is 1. The van der Waals surface area contributed by atoms with E-state index in [1.165, 1.54) is 5.56 Å². The van der Waals surface area contributed by atoms with E-state index < -0.39 is 0 Å². The van der Waals surface area contributed by atoms with E-state index in [0.717, 1.165) is 42.9 Å². The molecule has 1 aliphatic heterocycles. The number of ether oxygens (including phenoxy) is 1. The molecule has 98 valence electrons. The number of hydrogen-bond acceptors (Lipinski definition) is 3. The maximum Gasteiger partial charge on any atom is 0.133 e. The second-order valence-corrected chi connectivity index (χ2v) is 5.20. The van der Waals surface area contributed by atoms with Gasteiger partial charge in [0.25, 0.3) is 0 Å². The molecule has 1 N–H and O–H groups in total. The lowest BCUT2D eigenvalue weighted by Gasteiger charge is -2.25. The number of halogens is 1. The summed E-state index contributed by atoms with van der Waals surface area (Å²) >= 11 is 3.50. The van der Waals surface area contributed by atoms with Crippen LogP contribution in [0.3, 0.4) is 0 Å². The van der Waals surface area contributed by atoms with Crippen molar-refractivity contribution in [2.24, 2.45) is 0 Å². The first kappa shape index (κ1) is 13.6. The third kappa shape index (κ3) is 3.83. The molecule has 0 bridgehead atoms. The van der Waals surface area contributed by atoms with Gasteiger partial charge in [0.15, 0.2) is 0 Å². The van der Waals surface area contributed by atoms with Gasteiger partial charge in [-0.25, -0.2) is 0 Å². The SMILES string of the molecule is COc1ccc(/C=C/CN2CCNCC2)cc1Br. The van der Waals surface area contributed by atoms with Crippen LogP contribution in [0.4, 0.5) is 0 Å². The summed E-state index contributed by atoms with van der Waals surface area (Å²) in [6.45, 7) is 5.49. The second kappa shape index (κ2) is 6.92. The van der Waals surface area contributed by atoms with Crippen molar-refractivity contribution in [2.75, 3.05) is 39.8 Å². The summed E-state index contributed by atoms with van der Waals surface area (Å²) in [6, 6.07) is 6.12. The van der Waals surface area contributed by atoms with Crippen molar-refractivity contribution in [3.63, 3.8) is 0 Å². The van der Waals surface area contributed by atoms with Gasteiger partial charge in [-0.05, 0) is 33.6 Å². The molecule has 0 spiro atoms. The van der Waals surface area contributed by atoms with E-state index in [1.54, 1.807) is 7.11 Å². The predicted octanol–water partition coefficient (Wildman–Crippen LogP) is 2.38. The standard InChI is InChI=1S/C14H19BrN2O/c1-18-14-5-4-12(11-13(14)15)3-2-8-17-9-6-16-7-10-17/h2-5,11,16H,6-10H2,1H3/b3-2+. The Balaban J connectivity index is 1.90. The fourth-order valence-corrected chi connectivity index (χ4v) is 2.58. The highest BCUT2D eigenvalue weighted by atomic mass is 79.9. The van der Waals surface area contributed by atoms with Crippen LogP contribution in [0.15, 0.2) is 28.7 Å². The topological polar surface area (TPSA) is 24.5 Å². The minimum atomic E-state index is 0.870. The normalized spacial score (nSPS) is 17.2. The molecule has 4 heteroatoms. The minimum absolute atomic E-state index is 0.870. The summed E-state index contributed by atoms with van der Waals surface area (Å²) < 4.78 is 6.21. The lowest BCUT2D eigenvalue weighted by molar-refractivity contribution is 0.265. The Hall–Kier alpha value is -0.840. The molecule has 0 aliphatic carbocycles. The van der Waals surface area contributed by atoms with Crippen LogP contribution in [0.2, 0.25) is 0 Å². The van der Waals surface area contributed by atoms with E-state index >= 15 is 0 Å². The van der Waals surface area contributed by atoms with Gasteiger partial charge in [0.1, 0.15) is 5.75 Å². The van der Waals surface area contributed by atoms with Gasteiger partial charge < -0.3 is 10.1 Å². The molecular formula is C14H19BrN2O. The van der Waals surface area contributed by atoms with Crippen molar-refractivity contribution >= 4 is 22.0 Å². The van der Waals surface area contributed by atoms with Gasteiger partial charge in [0.05, 0.1) is 11.6 Å². The molecule has 0 saturated carbocycles. The van der Waals surface area contributed by atoms with Crippen molar-refractivity contribution in [1.82, 2.24) is 10.2 Å². The van der Waals surface area contributed by atoms with Crippen molar-refractivity contribution < 1.29 is 4.74 Å². The zero-order valence-corrected chi connectivity index (χ0v) is 12.2. The van der Waals surface area contributed by atoms with E-state index in [-0.39, 0.29) is 0 Å². The van der Waals surface area contributed by atoms with Gasteiger partial charge in [-0.2, -0.15) is 0 Å². The van der Waals surface area contributed by atoms with E-state index in [0.29, 0.717) is 0 Å². The molecule has 2 rings (SSSR count). The van der Waals surface area contributed by atoms with Crippen LogP contribution in [-0.4, -0.2) is 44.7 Å². The van der Waals surface area contributed by atoms with Crippen molar-refractivity contribution in [2.45, 2.75) is 0 Å². The molecular weight excluding hydrogens is 292 g/mol. The van der Waals surface area contributed by atoms with Crippen molar-refractivity contribution in [1.29, 1.82) is 0 Å². The fourth-order valence-electron chi connectivity index (χ4n) is 2.02. The average molecular weight is 311 g/mol. The quantitative estimate of drug-likeness (QED) is 0.924. The first-order valence-electron chi connectivity index (χ1n) is 6.23. The third-order valence-corrected chi connectivity index (χ3v) is 3.68. The highest BCUT2D eigenvalue weighted by molar-refractivity contribution is 9.10. The number of piperazine rings is 1. The smallest absolute Gasteiger partial charge is 0.133 e. The maximum absolute atomic E-state index is 5.21. The van der Waals surface area contributed by atoms with E-state index in [1.807, 2.05) is 6.07 Å². The highest BCUT2D eigenvalue weighted by Gasteiger charge is 2.06. The van der Waals surface area contributed by atoms with Crippen LogP contribution in [0.25, 0.3) is 6.08 Å². The van der Waals surface area contributed by atoms with Gasteiger partial charge in [0.2, 0.25) is 0 Å². The summed E-state index contributed by atoms with van der Waals surface area (Å²) in [5.74, 6) is 0.870. The average Bonchev–Trinajstić information content (AvgIpc) is 2.40. The van der Waals surface area contributed by atoms with Gasteiger partial charge >= 0.3 is 0 Å². The fraction of sp³-hybridized carbons (Fsp3) is 0.429. The summed E-state index contributed by atoms with van der Waals surface area (Å²) in [5, 5.41) is 3.36. The van der Waals surface area contributed by atoms with E-state index in [2.05, 4.69) is 50.4 Å². The molecule has 3 nitrogen and oxygen atoms in total. The Labute approximate surface area is 117 Å². The molecule has 0 radical (unpaired) electrons. The van der Waals surface area contributed by atoms with Gasteiger partial charge in [0, 0.05) is 32.7 Å². The minimum Gasteiger partial charge on any atom is -0.496 e. The Morgan fingerprint density at radius 2 is 2.17 bits per heavy atom. The zero-order valence-electron chi connectivity index (χ0n) is 10.7. The predicted molar refractivity (Wildman–Crippen MR) is 79.0 cm³/mol. The monoisotopic (exact) mass is 310 g/mol. The van der Waals surface area contributed by atoms with Gasteiger partial charge in [-0.3, -0.25) is 4.90 Å². The molecule has 1 fully saturated rings. The van der Waals surface area contributed by atoms with Crippen molar-refractivity contribution in [3.8, 4) is 5.75 Å². The summed E-state index contributed by atoms with van der Waals surface area (Å²) in [6.07, 6.45) is 4.38. The molecule has 0 amide bonds. The molecule has 18 heavy (non-hydrogen) atoms. The van der Waals surface area contributed by atoms with Crippen LogP contribution in [0.5, 0.6) is 5.75 Å². The lowest BCUT2D eigenvalue weighted by atomic mass is 10.2. The molecule has 0 aromatic heterocycles. The molecule has 1 saturated heterocycles.